The van der Waals surface area contributed by atoms with Gasteiger partial charge in [-0.2, -0.15) is 0 Å². The average Bonchev–Trinajstić information content (AvgIpc) is 3.22. The molecule has 10 heteroatoms. The number of nitrogens with one attached hydrogen (secondary N) is 1. The van der Waals surface area contributed by atoms with Gasteiger partial charge in [0.1, 0.15) is 9.96 Å². The standard InChI is InChI=1S/C21H33N3O5S2/c1-2-12-29-17-10-8-16(9-11-17)24(15-6-4-3-5-7-15)21(27)23-20-22-13-19(30-20)31(28)14-18(25)26/h13,15-17H,2-12,14H2,1H3,(H,25,26)(H,22,23,27)/t16?,17?,31-/m1/s1. The number of carboxylic acid groups (broad SMARTS) is 1. The van der Waals surface area contributed by atoms with Gasteiger partial charge >= 0.3 is 12.0 Å². The van der Waals surface area contributed by atoms with Crippen molar-refractivity contribution in [1.29, 1.82) is 0 Å². The van der Waals surface area contributed by atoms with Crippen molar-refractivity contribution < 1.29 is 23.6 Å². The molecule has 0 bridgehead atoms. The molecule has 0 spiro atoms. The number of carbonyl (C=O) groups is 2. The van der Waals surface area contributed by atoms with Gasteiger partial charge in [-0.05, 0) is 44.9 Å². The lowest BCUT2D eigenvalue weighted by atomic mass is 9.88. The summed E-state index contributed by atoms with van der Waals surface area (Å²) in [5.41, 5.74) is 0. The lowest BCUT2D eigenvalue weighted by Gasteiger charge is -2.42. The van der Waals surface area contributed by atoms with Gasteiger partial charge in [-0.25, -0.2) is 9.78 Å². The molecule has 2 fully saturated rings. The number of aromatic nitrogens is 1. The highest BCUT2D eigenvalue weighted by molar-refractivity contribution is 7.88. The maximum absolute atomic E-state index is 13.3. The van der Waals surface area contributed by atoms with Crippen LogP contribution in [0.5, 0.6) is 0 Å². The van der Waals surface area contributed by atoms with Crippen LogP contribution >= 0.6 is 11.3 Å². The molecule has 3 rings (SSSR count). The number of thiazole rings is 1. The minimum atomic E-state index is -1.66. The molecule has 1 aromatic rings. The van der Waals surface area contributed by atoms with Crippen molar-refractivity contribution in [2.24, 2.45) is 0 Å². The number of carbonyl (C=O) groups excluding carboxylic acids is 1. The number of aliphatic carboxylic acids is 1. The number of anilines is 1. The molecule has 1 heterocycles. The molecule has 0 saturated heterocycles. The van der Waals surface area contributed by atoms with Crippen LogP contribution in [0.4, 0.5) is 9.93 Å². The molecule has 31 heavy (non-hydrogen) atoms. The lowest BCUT2D eigenvalue weighted by Crippen LogP contribution is -2.51. The van der Waals surface area contributed by atoms with Crippen molar-refractivity contribution >= 4 is 39.3 Å². The SMILES string of the molecule is CCCOC1CCC(N(C(=O)Nc2ncc([S@](=O)CC(=O)O)s2)C2CCCCC2)CC1. The third kappa shape index (κ3) is 6.98. The van der Waals surface area contributed by atoms with Gasteiger partial charge in [-0.15, -0.1) is 0 Å². The topological polar surface area (TPSA) is 109 Å². The van der Waals surface area contributed by atoms with Crippen LogP contribution in [0.25, 0.3) is 0 Å². The van der Waals surface area contributed by atoms with Crippen LogP contribution in [-0.4, -0.2) is 61.7 Å². The molecular weight excluding hydrogens is 438 g/mol. The van der Waals surface area contributed by atoms with E-state index in [-0.39, 0.29) is 18.1 Å². The summed E-state index contributed by atoms with van der Waals surface area (Å²) in [7, 11) is -1.66. The number of carboxylic acids is 1. The van der Waals surface area contributed by atoms with Gasteiger partial charge in [-0.3, -0.25) is 14.3 Å². The van der Waals surface area contributed by atoms with Gasteiger partial charge in [0.15, 0.2) is 5.13 Å². The third-order valence-electron chi connectivity index (χ3n) is 5.97. The molecule has 0 radical (unpaired) electrons. The summed E-state index contributed by atoms with van der Waals surface area (Å²) in [5, 5.41) is 12.1. The molecule has 2 aliphatic carbocycles. The highest BCUT2D eigenvalue weighted by atomic mass is 32.2. The van der Waals surface area contributed by atoms with Gasteiger partial charge in [0.05, 0.1) is 23.1 Å². The first kappa shape index (κ1) is 24.1. The van der Waals surface area contributed by atoms with E-state index in [0.29, 0.717) is 15.4 Å². The normalized spacial score (nSPS) is 23.3. The predicted molar refractivity (Wildman–Crippen MR) is 121 cm³/mol. The van der Waals surface area contributed by atoms with Crippen molar-refractivity contribution in [2.45, 2.75) is 93.5 Å². The highest BCUT2D eigenvalue weighted by Crippen LogP contribution is 2.32. The van der Waals surface area contributed by atoms with Crippen molar-refractivity contribution in [3.63, 3.8) is 0 Å². The van der Waals surface area contributed by atoms with Gasteiger partial charge in [0.2, 0.25) is 0 Å². The van der Waals surface area contributed by atoms with Crippen LogP contribution in [0.15, 0.2) is 10.4 Å². The summed E-state index contributed by atoms with van der Waals surface area (Å²) in [6, 6.07) is 0.257. The van der Waals surface area contributed by atoms with E-state index in [1.807, 2.05) is 4.90 Å². The molecule has 0 aliphatic heterocycles. The minimum Gasteiger partial charge on any atom is -0.481 e. The fourth-order valence-corrected chi connectivity index (χ4v) is 6.39. The number of urea groups is 1. The van der Waals surface area contributed by atoms with Crippen LogP contribution < -0.4 is 5.32 Å². The first-order valence-electron chi connectivity index (χ1n) is 11.2. The Labute approximate surface area is 190 Å². The van der Waals surface area contributed by atoms with Crippen molar-refractivity contribution in [3.05, 3.63) is 6.20 Å². The number of hydrogen-bond donors (Lipinski definition) is 2. The summed E-state index contributed by atoms with van der Waals surface area (Å²) >= 11 is 1.08. The third-order valence-corrected chi connectivity index (χ3v) is 8.55. The summed E-state index contributed by atoms with van der Waals surface area (Å²) in [4.78, 5) is 30.3. The van der Waals surface area contributed by atoms with E-state index < -0.39 is 22.5 Å². The Bertz CT molecular complexity index is 758. The second kappa shape index (κ2) is 11.9. The van der Waals surface area contributed by atoms with E-state index in [0.717, 1.165) is 75.7 Å². The number of hydrogen-bond acceptors (Lipinski definition) is 6. The molecule has 2 N–H and O–H groups in total. The molecular formula is C21H33N3O5S2. The number of amides is 2. The molecule has 8 nitrogen and oxygen atoms in total. The summed E-state index contributed by atoms with van der Waals surface area (Å²) in [5.74, 6) is -1.59. The zero-order valence-corrected chi connectivity index (χ0v) is 19.7. The van der Waals surface area contributed by atoms with Crippen molar-refractivity contribution in [2.75, 3.05) is 17.7 Å². The molecule has 174 valence electrons. The quantitative estimate of drug-likeness (QED) is 0.558. The van der Waals surface area contributed by atoms with Crippen molar-refractivity contribution in [3.8, 4) is 0 Å². The highest BCUT2D eigenvalue weighted by Gasteiger charge is 2.35. The largest absolute Gasteiger partial charge is 0.481 e. The molecule has 2 amide bonds. The van der Waals surface area contributed by atoms with E-state index in [2.05, 4.69) is 17.2 Å². The molecule has 1 atom stereocenters. The smallest absolute Gasteiger partial charge is 0.324 e. The van der Waals surface area contributed by atoms with Gasteiger partial charge in [0, 0.05) is 18.7 Å². The van der Waals surface area contributed by atoms with Crippen LogP contribution in [-0.2, 0) is 20.3 Å². The molecule has 0 unspecified atom stereocenters. The van der Waals surface area contributed by atoms with E-state index in [9.17, 15) is 13.8 Å². The summed E-state index contributed by atoms with van der Waals surface area (Å²) in [6.07, 6.45) is 12.0. The van der Waals surface area contributed by atoms with E-state index >= 15 is 0 Å². The van der Waals surface area contributed by atoms with Gasteiger partial charge in [-0.1, -0.05) is 37.5 Å². The average molecular weight is 472 g/mol. The summed E-state index contributed by atoms with van der Waals surface area (Å²) in [6.45, 7) is 2.90. The number of nitrogens with zero attached hydrogens (tertiary/aromatic N) is 2. The fraction of sp³-hybridized carbons (Fsp3) is 0.762. The molecule has 0 aromatic carbocycles. The van der Waals surface area contributed by atoms with E-state index in [1.165, 1.54) is 12.6 Å². The molecule has 2 saturated carbocycles. The number of rotatable bonds is 9. The van der Waals surface area contributed by atoms with Crippen LogP contribution in [0.3, 0.4) is 0 Å². The Balaban J connectivity index is 1.65. The predicted octanol–water partition coefficient (Wildman–Crippen LogP) is 4.24. The Morgan fingerprint density at radius 1 is 1.19 bits per heavy atom. The van der Waals surface area contributed by atoms with E-state index in [1.54, 1.807) is 0 Å². The van der Waals surface area contributed by atoms with Gasteiger partial charge in [0.25, 0.3) is 0 Å². The molecule has 1 aromatic heterocycles. The van der Waals surface area contributed by atoms with Gasteiger partial charge < -0.3 is 14.7 Å². The minimum absolute atomic E-state index is 0.158. The zero-order valence-electron chi connectivity index (χ0n) is 18.1. The summed E-state index contributed by atoms with van der Waals surface area (Å²) < 4.78 is 18.3. The van der Waals surface area contributed by atoms with Crippen molar-refractivity contribution in [1.82, 2.24) is 9.88 Å². The van der Waals surface area contributed by atoms with Crippen LogP contribution in [0.2, 0.25) is 0 Å². The maximum Gasteiger partial charge on any atom is 0.324 e. The molecule has 2 aliphatic rings. The Morgan fingerprint density at radius 3 is 2.52 bits per heavy atom. The number of ether oxygens (including phenoxy) is 1. The monoisotopic (exact) mass is 471 g/mol. The van der Waals surface area contributed by atoms with Crippen LogP contribution in [0, 0.1) is 0 Å². The second-order valence-corrected chi connectivity index (χ2v) is 11.0. The maximum atomic E-state index is 13.3. The Morgan fingerprint density at radius 2 is 1.87 bits per heavy atom. The lowest BCUT2D eigenvalue weighted by molar-refractivity contribution is -0.133. The van der Waals surface area contributed by atoms with E-state index in [4.69, 9.17) is 9.84 Å². The fourth-order valence-electron chi connectivity index (χ4n) is 4.53. The second-order valence-electron chi connectivity index (χ2n) is 8.30. The van der Waals surface area contributed by atoms with Crippen LogP contribution in [0.1, 0.15) is 71.1 Å². The first-order valence-corrected chi connectivity index (χ1v) is 13.4. The Kier molecular flexibility index (Phi) is 9.28. The Hall–Kier alpha value is -1.52. The first-order chi connectivity index (χ1) is 15.0. The zero-order chi connectivity index (χ0) is 22.2.